The SMILES string of the molecule is c1ccc(-c2ccc(N(c3ccc4ccc(-c5cccc(-c6ccc7ccccc7c6)c5)cc4c3)c3ccc4c(c3)c3ccccc3n4-c3ccccc3)cc2)cc1. The van der Waals surface area contributed by atoms with Crippen LogP contribution in [0, 0.1) is 0 Å². The van der Waals surface area contributed by atoms with Crippen LogP contribution in [0.4, 0.5) is 17.1 Å². The molecule has 11 rings (SSSR count). The lowest BCUT2D eigenvalue weighted by atomic mass is 9.96. The maximum atomic E-state index is 2.40. The molecule has 11 aromatic rings. The van der Waals surface area contributed by atoms with Crippen LogP contribution < -0.4 is 4.90 Å². The number of anilines is 3. The predicted octanol–water partition coefficient (Wildman–Crippen LogP) is 15.6. The van der Waals surface area contributed by atoms with E-state index >= 15 is 0 Å². The molecule has 2 heteroatoms. The highest BCUT2D eigenvalue weighted by molar-refractivity contribution is 6.11. The fraction of sp³-hybridized carbons (Fsp3) is 0. The van der Waals surface area contributed by atoms with Gasteiger partial charge in [-0.25, -0.2) is 0 Å². The molecule has 10 aromatic carbocycles. The highest BCUT2D eigenvalue weighted by atomic mass is 15.1. The highest BCUT2D eigenvalue weighted by Crippen LogP contribution is 2.41. The first kappa shape index (κ1) is 33.6. The number of aromatic nitrogens is 1. The Kier molecular flexibility index (Phi) is 8.19. The fourth-order valence-corrected chi connectivity index (χ4v) is 8.64. The van der Waals surface area contributed by atoms with E-state index in [0.29, 0.717) is 0 Å². The Labute approximate surface area is 338 Å². The van der Waals surface area contributed by atoms with Crippen molar-refractivity contribution in [3.63, 3.8) is 0 Å². The van der Waals surface area contributed by atoms with Gasteiger partial charge in [-0.15, -0.1) is 0 Å². The van der Waals surface area contributed by atoms with Crippen molar-refractivity contribution in [2.75, 3.05) is 4.90 Å². The van der Waals surface area contributed by atoms with Gasteiger partial charge in [0.2, 0.25) is 0 Å². The van der Waals surface area contributed by atoms with Crippen molar-refractivity contribution in [2.24, 2.45) is 0 Å². The monoisotopic (exact) mass is 738 g/mol. The average molecular weight is 739 g/mol. The number of benzene rings is 10. The van der Waals surface area contributed by atoms with Crippen molar-refractivity contribution >= 4 is 60.4 Å². The van der Waals surface area contributed by atoms with E-state index in [0.717, 1.165) is 22.7 Å². The van der Waals surface area contributed by atoms with E-state index in [2.05, 4.69) is 240 Å². The average Bonchev–Trinajstić information content (AvgIpc) is 3.63. The van der Waals surface area contributed by atoms with Crippen LogP contribution in [0.15, 0.2) is 231 Å². The third-order valence-electron chi connectivity index (χ3n) is 11.5. The molecular weight excluding hydrogens is 701 g/mol. The van der Waals surface area contributed by atoms with Crippen molar-refractivity contribution < 1.29 is 0 Å². The second-order valence-electron chi connectivity index (χ2n) is 15.0. The standard InChI is InChI=1S/C56H38N2/c1-3-12-39(13-4-1)41-26-29-50(30-27-41)57(52-32-33-56-54(38-52)53-20-9-10-21-55(53)58(56)49-18-5-2-6-19-49)51-31-28-42-23-25-47(36-48(42)37-51)45-17-11-16-44(35-45)46-24-22-40-14-7-8-15-43(40)34-46/h1-38H. The van der Waals surface area contributed by atoms with Gasteiger partial charge in [-0.1, -0.05) is 152 Å². The molecule has 0 radical (unpaired) electrons. The van der Waals surface area contributed by atoms with Gasteiger partial charge in [0.1, 0.15) is 0 Å². The van der Waals surface area contributed by atoms with E-state index in [9.17, 15) is 0 Å². The topological polar surface area (TPSA) is 8.17 Å². The summed E-state index contributed by atoms with van der Waals surface area (Å²) in [5.74, 6) is 0. The first-order valence-electron chi connectivity index (χ1n) is 19.9. The number of para-hydroxylation sites is 2. The minimum Gasteiger partial charge on any atom is -0.310 e. The number of rotatable bonds is 7. The Hall–Kier alpha value is -7.68. The number of nitrogens with zero attached hydrogens (tertiary/aromatic N) is 2. The molecule has 0 aliphatic rings. The van der Waals surface area contributed by atoms with Crippen LogP contribution in [-0.4, -0.2) is 4.57 Å². The van der Waals surface area contributed by atoms with Gasteiger partial charge in [-0.05, 0) is 134 Å². The molecule has 0 aliphatic carbocycles. The zero-order valence-electron chi connectivity index (χ0n) is 31.8. The van der Waals surface area contributed by atoms with Crippen LogP contribution in [0.1, 0.15) is 0 Å². The van der Waals surface area contributed by atoms with Crippen molar-refractivity contribution in [3.8, 4) is 39.1 Å². The lowest BCUT2D eigenvalue weighted by molar-refractivity contribution is 1.18. The van der Waals surface area contributed by atoms with Gasteiger partial charge in [0.15, 0.2) is 0 Å². The van der Waals surface area contributed by atoms with Gasteiger partial charge in [0, 0.05) is 33.5 Å². The first-order valence-corrected chi connectivity index (χ1v) is 19.9. The first-order chi connectivity index (χ1) is 28.7. The minimum absolute atomic E-state index is 1.10. The zero-order chi connectivity index (χ0) is 38.4. The van der Waals surface area contributed by atoms with Crippen LogP contribution in [0.25, 0.3) is 82.4 Å². The summed E-state index contributed by atoms with van der Waals surface area (Å²) in [5.41, 5.74) is 14.1. The van der Waals surface area contributed by atoms with E-state index in [1.165, 1.54) is 76.7 Å². The zero-order valence-corrected chi connectivity index (χ0v) is 31.8. The summed E-state index contributed by atoms with van der Waals surface area (Å²) >= 11 is 0. The van der Waals surface area contributed by atoms with Gasteiger partial charge in [-0.2, -0.15) is 0 Å². The second kappa shape index (κ2) is 14.1. The molecule has 0 bridgehead atoms. The molecule has 0 saturated heterocycles. The van der Waals surface area contributed by atoms with Crippen molar-refractivity contribution in [1.82, 2.24) is 4.57 Å². The van der Waals surface area contributed by atoms with E-state index < -0.39 is 0 Å². The molecule has 0 atom stereocenters. The fourth-order valence-electron chi connectivity index (χ4n) is 8.64. The molecule has 0 fully saturated rings. The van der Waals surface area contributed by atoms with Gasteiger partial charge in [0.05, 0.1) is 11.0 Å². The smallest absolute Gasteiger partial charge is 0.0542 e. The summed E-state index contributed by atoms with van der Waals surface area (Å²) < 4.78 is 2.37. The van der Waals surface area contributed by atoms with Crippen LogP contribution >= 0.6 is 0 Å². The number of hydrogen-bond donors (Lipinski definition) is 0. The lowest BCUT2D eigenvalue weighted by Gasteiger charge is -2.26. The number of hydrogen-bond acceptors (Lipinski definition) is 1. The summed E-state index contributed by atoms with van der Waals surface area (Å²) in [5, 5.41) is 7.36. The maximum Gasteiger partial charge on any atom is 0.0542 e. The molecular formula is C56H38N2. The molecule has 0 saturated carbocycles. The molecule has 1 heterocycles. The molecule has 1 aromatic heterocycles. The van der Waals surface area contributed by atoms with Crippen LogP contribution in [-0.2, 0) is 0 Å². The van der Waals surface area contributed by atoms with Gasteiger partial charge >= 0.3 is 0 Å². The van der Waals surface area contributed by atoms with Crippen LogP contribution in [0.2, 0.25) is 0 Å². The summed E-state index contributed by atoms with van der Waals surface area (Å²) in [6, 6.07) is 83.8. The minimum atomic E-state index is 1.10. The molecule has 58 heavy (non-hydrogen) atoms. The lowest BCUT2D eigenvalue weighted by Crippen LogP contribution is -2.10. The summed E-state index contributed by atoms with van der Waals surface area (Å²) in [6.45, 7) is 0. The van der Waals surface area contributed by atoms with E-state index in [-0.39, 0.29) is 0 Å². The Morgan fingerprint density at radius 3 is 1.53 bits per heavy atom. The second-order valence-corrected chi connectivity index (χ2v) is 15.0. The van der Waals surface area contributed by atoms with Crippen molar-refractivity contribution in [2.45, 2.75) is 0 Å². The molecule has 0 aliphatic heterocycles. The van der Waals surface area contributed by atoms with E-state index in [1.54, 1.807) is 0 Å². The van der Waals surface area contributed by atoms with Gasteiger partial charge in [-0.3, -0.25) is 0 Å². The van der Waals surface area contributed by atoms with Gasteiger partial charge in [0.25, 0.3) is 0 Å². The largest absolute Gasteiger partial charge is 0.310 e. The Bertz CT molecular complexity index is 3270. The molecule has 0 N–H and O–H groups in total. The van der Waals surface area contributed by atoms with Gasteiger partial charge < -0.3 is 9.47 Å². The summed E-state index contributed by atoms with van der Waals surface area (Å²) in [4.78, 5) is 2.40. The summed E-state index contributed by atoms with van der Waals surface area (Å²) in [7, 11) is 0. The van der Waals surface area contributed by atoms with Crippen molar-refractivity contribution in [1.29, 1.82) is 0 Å². The molecule has 2 nitrogen and oxygen atoms in total. The molecule has 0 amide bonds. The Balaban J connectivity index is 1.04. The Morgan fingerprint density at radius 2 is 0.759 bits per heavy atom. The van der Waals surface area contributed by atoms with Crippen LogP contribution in [0.3, 0.4) is 0 Å². The summed E-state index contributed by atoms with van der Waals surface area (Å²) in [6.07, 6.45) is 0. The van der Waals surface area contributed by atoms with Crippen LogP contribution in [0.5, 0.6) is 0 Å². The molecule has 0 unspecified atom stereocenters. The highest BCUT2D eigenvalue weighted by Gasteiger charge is 2.18. The molecule has 272 valence electrons. The predicted molar refractivity (Wildman–Crippen MR) is 247 cm³/mol. The van der Waals surface area contributed by atoms with Crippen molar-refractivity contribution in [3.05, 3.63) is 231 Å². The normalized spacial score (nSPS) is 11.4. The third-order valence-corrected chi connectivity index (χ3v) is 11.5. The number of fused-ring (bicyclic) bond motifs is 5. The molecule has 0 spiro atoms. The third kappa shape index (κ3) is 6.00. The van der Waals surface area contributed by atoms with E-state index in [4.69, 9.17) is 0 Å². The van der Waals surface area contributed by atoms with E-state index in [1.807, 2.05) is 0 Å². The quantitative estimate of drug-likeness (QED) is 0.158. The Morgan fingerprint density at radius 1 is 0.259 bits per heavy atom. The maximum absolute atomic E-state index is 2.40.